The van der Waals surface area contributed by atoms with Gasteiger partial charge in [0.15, 0.2) is 0 Å². The zero-order chi connectivity index (χ0) is 15.0. The molecule has 2 heteroatoms. The lowest BCUT2D eigenvalue weighted by Crippen LogP contribution is -2.50. The number of rotatable bonds is 2. The highest BCUT2D eigenvalue weighted by molar-refractivity contribution is 5.36. The van der Waals surface area contributed by atoms with Gasteiger partial charge in [-0.05, 0) is 61.9 Å². The van der Waals surface area contributed by atoms with Crippen LogP contribution in [0.15, 0.2) is 24.3 Å². The number of likely N-dealkylation sites (tertiary alicyclic amines) is 1. The number of hydrogen-bond donors (Lipinski definition) is 1. The zero-order valence-electron chi connectivity index (χ0n) is 14.0. The van der Waals surface area contributed by atoms with Crippen molar-refractivity contribution in [1.82, 2.24) is 10.2 Å². The average Bonchev–Trinajstić information content (AvgIpc) is 2.47. The molecule has 3 unspecified atom stereocenters. The van der Waals surface area contributed by atoms with E-state index in [1.54, 1.807) is 5.56 Å². The smallest absolute Gasteiger partial charge is 0.0478 e. The molecule has 1 saturated heterocycles. The van der Waals surface area contributed by atoms with E-state index < -0.39 is 0 Å². The highest BCUT2D eigenvalue weighted by Crippen LogP contribution is 2.41. The summed E-state index contributed by atoms with van der Waals surface area (Å²) < 4.78 is 0. The van der Waals surface area contributed by atoms with E-state index in [9.17, 15) is 0 Å². The van der Waals surface area contributed by atoms with Gasteiger partial charge in [0.2, 0.25) is 0 Å². The predicted molar refractivity (Wildman–Crippen MR) is 89.7 cm³/mol. The van der Waals surface area contributed by atoms with Crippen LogP contribution < -0.4 is 5.32 Å². The summed E-state index contributed by atoms with van der Waals surface area (Å²) in [4.78, 5) is 2.75. The van der Waals surface area contributed by atoms with Crippen LogP contribution in [0.1, 0.15) is 63.1 Å². The molecule has 116 valence electrons. The molecule has 0 bridgehead atoms. The Morgan fingerprint density at radius 1 is 1.10 bits per heavy atom. The van der Waals surface area contributed by atoms with E-state index in [2.05, 4.69) is 62.3 Å². The first-order chi connectivity index (χ1) is 10.0. The third kappa shape index (κ3) is 2.89. The normalized spacial score (nSPS) is 32.7. The summed E-state index contributed by atoms with van der Waals surface area (Å²) in [5.41, 5.74) is 3.60. The maximum Gasteiger partial charge on any atom is 0.0478 e. The highest BCUT2D eigenvalue weighted by Gasteiger charge is 2.38. The standard InChI is InChI=1S/C19H30N2/c1-14-13-17(21-11-9-19(2,3)10-12-21)18(20-4)16-8-6-5-7-15(14)16/h5-8,14,17-18,20H,9-13H2,1-4H3. The van der Waals surface area contributed by atoms with Crippen molar-refractivity contribution in [3.63, 3.8) is 0 Å². The van der Waals surface area contributed by atoms with Crippen LogP contribution in [-0.4, -0.2) is 31.1 Å². The minimum Gasteiger partial charge on any atom is -0.312 e. The molecule has 1 heterocycles. The number of likely N-dealkylation sites (N-methyl/N-ethyl adjacent to an activating group) is 1. The fourth-order valence-electron chi connectivity index (χ4n) is 4.24. The Morgan fingerprint density at radius 3 is 2.33 bits per heavy atom. The van der Waals surface area contributed by atoms with E-state index in [1.165, 1.54) is 37.9 Å². The van der Waals surface area contributed by atoms with Crippen LogP contribution in [0.3, 0.4) is 0 Å². The molecule has 1 aromatic rings. The lowest BCUT2D eigenvalue weighted by molar-refractivity contribution is 0.0651. The van der Waals surface area contributed by atoms with E-state index in [1.807, 2.05) is 0 Å². The minimum absolute atomic E-state index is 0.485. The van der Waals surface area contributed by atoms with Gasteiger partial charge in [0.05, 0.1) is 0 Å². The minimum atomic E-state index is 0.485. The van der Waals surface area contributed by atoms with E-state index in [-0.39, 0.29) is 0 Å². The van der Waals surface area contributed by atoms with Crippen molar-refractivity contribution in [3.8, 4) is 0 Å². The number of nitrogens with one attached hydrogen (secondary N) is 1. The van der Waals surface area contributed by atoms with Crippen LogP contribution in [-0.2, 0) is 0 Å². The second kappa shape index (κ2) is 5.73. The SMILES string of the molecule is CNC1c2ccccc2C(C)CC1N1CCC(C)(C)CC1. The van der Waals surface area contributed by atoms with Gasteiger partial charge >= 0.3 is 0 Å². The van der Waals surface area contributed by atoms with Crippen molar-refractivity contribution in [2.24, 2.45) is 5.41 Å². The third-order valence-corrected chi connectivity index (χ3v) is 5.77. The highest BCUT2D eigenvalue weighted by atomic mass is 15.2. The van der Waals surface area contributed by atoms with Crippen LogP contribution in [0.25, 0.3) is 0 Å². The van der Waals surface area contributed by atoms with Gasteiger partial charge in [0.25, 0.3) is 0 Å². The molecule has 1 aliphatic carbocycles. The topological polar surface area (TPSA) is 15.3 Å². The van der Waals surface area contributed by atoms with Gasteiger partial charge in [-0.2, -0.15) is 0 Å². The van der Waals surface area contributed by atoms with Crippen LogP contribution >= 0.6 is 0 Å². The van der Waals surface area contributed by atoms with Gasteiger partial charge in [-0.25, -0.2) is 0 Å². The third-order valence-electron chi connectivity index (χ3n) is 5.77. The summed E-state index contributed by atoms with van der Waals surface area (Å²) in [5.74, 6) is 0.672. The van der Waals surface area contributed by atoms with E-state index >= 15 is 0 Å². The Balaban J connectivity index is 1.84. The molecule has 1 N–H and O–H groups in total. The summed E-state index contributed by atoms with van der Waals surface area (Å²) in [6.07, 6.45) is 3.94. The maximum atomic E-state index is 3.61. The maximum absolute atomic E-state index is 3.61. The van der Waals surface area contributed by atoms with Crippen LogP contribution in [0.2, 0.25) is 0 Å². The Morgan fingerprint density at radius 2 is 1.71 bits per heavy atom. The van der Waals surface area contributed by atoms with E-state index in [0.717, 1.165) is 0 Å². The van der Waals surface area contributed by atoms with Crippen molar-refractivity contribution < 1.29 is 0 Å². The molecule has 0 saturated carbocycles. The first-order valence-electron chi connectivity index (χ1n) is 8.52. The van der Waals surface area contributed by atoms with E-state index in [4.69, 9.17) is 0 Å². The van der Waals surface area contributed by atoms with Crippen LogP contribution in [0.4, 0.5) is 0 Å². The molecule has 0 amide bonds. The zero-order valence-corrected chi connectivity index (χ0v) is 14.0. The summed E-state index contributed by atoms with van der Waals surface area (Å²) in [5, 5.41) is 3.61. The molecule has 1 fully saturated rings. The number of hydrogen-bond acceptors (Lipinski definition) is 2. The van der Waals surface area contributed by atoms with Crippen molar-refractivity contribution in [3.05, 3.63) is 35.4 Å². The molecule has 0 spiro atoms. The van der Waals surface area contributed by atoms with Gasteiger partial charge in [-0.1, -0.05) is 45.0 Å². The van der Waals surface area contributed by atoms with Gasteiger partial charge in [-0.15, -0.1) is 0 Å². The first kappa shape index (κ1) is 15.1. The van der Waals surface area contributed by atoms with Crippen LogP contribution in [0.5, 0.6) is 0 Å². The van der Waals surface area contributed by atoms with Crippen molar-refractivity contribution in [2.45, 2.75) is 58.0 Å². The second-order valence-electron chi connectivity index (χ2n) is 7.80. The molecule has 0 aromatic heterocycles. The average molecular weight is 286 g/mol. The lowest BCUT2D eigenvalue weighted by Gasteiger charge is -2.47. The fourth-order valence-corrected chi connectivity index (χ4v) is 4.24. The fraction of sp³-hybridized carbons (Fsp3) is 0.684. The van der Waals surface area contributed by atoms with Gasteiger partial charge < -0.3 is 5.32 Å². The molecule has 1 aliphatic heterocycles. The molecule has 2 aliphatic rings. The Kier molecular flexibility index (Phi) is 4.11. The quantitative estimate of drug-likeness (QED) is 0.885. The van der Waals surface area contributed by atoms with Gasteiger partial charge in [0.1, 0.15) is 0 Å². The monoisotopic (exact) mass is 286 g/mol. The summed E-state index contributed by atoms with van der Waals surface area (Å²) >= 11 is 0. The van der Waals surface area contributed by atoms with Crippen molar-refractivity contribution in [1.29, 1.82) is 0 Å². The Labute approximate surface area is 129 Å². The molecule has 1 aromatic carbocycles. The number of benzene rings is 1. The number of piperidine rings is 1. The lowest BCUT2D eigenvalue weighted by atomic mass is 9.75. The molecule has 2 nitrogen and oxygen atoms in total. The van der Waals surface area contributed by atoms with Gasteiger partial charge in [0, 0.05) is 12.1 Å². The predicted octanol–water partition coefficient (Wildman–Crippen LogP) is 3.94. The molecule has 21 heavy (non-hydrogen) atoms. The molecular weight excluding hydrogens is 256 g/mol. The summed E-state index contributed by atoms with van der Waals surface area (Å²) in [6.45, 7) is 9.73. The van der Waals surface area contributed by atoms with Crippen molar-refractivity contribution >= 4 is 0 Å². The van der Waals surface area contributed by atoms with Crippen molar-refractivity contribution in [2.75, 3.05) is 20.1 Å². The Bertz CT molecular complexity index is 484. The number of fused-ring (bicyclic) bond motifs is 1. The summed E-state index contributed by atoms with van der Waals surface area (Å²) in [6, 6.07) is 10.2. The molecule has 3 atom stereocenters. The Hall–Kier alpha value is -0.860. The first-order valence-corrected chi connectivity index (χ1v) is 8.52. The molecular formula is C19H30N2. The summed E-state index contributed by atoms with van der Waals surface area (Å²) in [7, 11) is 2.12. The molecule has 3 rings (SSSR count). The van der Waals surface area contributed by atoms with Gasteiger partial charge in [-0.3, -0.25) is 4.90 Å². The number of nitrogens with zero attached hydrogens (tertiary/aromatic N) is 1. The van der Waals surface area contributed by atoms with E-state index in [0.29, 0.717) is 23.4 Å². The molecule has 0 radical (unpaired) electrons. The second-order valence-corrected chi connectivity index (χ2v) is 7.80. The largest absolute Gasteiger partial charge is 0.312 e. The van der Waals surface area contributed by atoms with Crippen LogP contribution in [0, 0.1) is 5.41 Å².